The largest absolute Gasteiger partial charge is 0.384 e. The first kappa shape index (κ1) is 14.3. The highest BCUT2D eigenvalue weighted by molar-refractivity contribution is 7.91. The summed E-state index contributed by atoms with van der Waals surface area (Å²) >= 11 is 0. The molecule has 0 saturated carbocycles. The fraction of sp³-hybridized carbons (Fsp3) is 0.182. The molecule has 1 heterocycles. The average molecular weight is 302 g/mol. The summed E-state index contributed by atoms with van der Waals surface area (Å²) in [6.45, 7) is 0.165. The number of anilines is 2. The molecule has 0 fully saturated rings. The first-order chi connectivity index (χ1) is 9.43. The number of sulfone groups is 1. The Labute approximate surface area is 113 Å². The van der Waals surface area contributed by atoms with E-state index in [4.69, 9.17) is 5.73 Å². The van der Waals surface area contributed by atoms with Crippen LogP contribution in [0.4, 0.5) is 20.3 Å². The van der Waals surface area contributed by atoms with Crippen molar-refractivity contribution in [1.29, 1.82) is 0 Å². The molecule has 0 bridgehead atoms. The second kappa shape index (κ2) is 5.45. The number of aromatic nitrogens is 2. The maximum atomic E-state index is 12.6. The van der Waals surface area contributed by atoms with E-state index in [9.17, 15) is 17.2 Å². The molecule has 1 aromatic carbocycles. The number of para-hydroxylation sites is 1. The van der Waals surface area contributed by atoms with Crippen LogP contribution in [-0.4, -0.2) is 24.4 Å². The van der Waals surface area contributed by atoms with Crippen molar-refractivity contribution >= 4 is 21.3 Å². The minimum absolute atomic E-state index is 0.0911. The molecule has 2 rings (SSSR count). The molecule has 0 saturated heterocycles. The first-order valence-corrected chi connectivity index (χ1v) is 7.10. The molecule has 0 aliphatic heterocycles. The summed E-state index contributed by atoms with van der Waals surface area (Å²) < 4.78 is 48.3. The quantitative estimate of drug-likeness (QED) is 0.779. The summed E-state index contributed by atoms with van der Waals surface area (Å²) in [6, 6.07) is 5.46. The lowest BCUT2D eigenvalue weighted by Crippen LogP contribution is -2.14. The third-order valence-corrected chi connectivity index (χ3v) is 4.09. The predicted octanol–water partition coefficient (Wildman–Crippen LogP) is 1.60. The first-order valence-electron chi connectivity index (χ1n) is 5.55. The summed E-state index contributed by atoms with van der Waals surface area (Å²) in [4.78, 5) is -0.447. The van der Waals surface area contributed by atoms with Crippen molar-refractivity contribution in [1.82, 2.24) is 10.2 Å². The van der Waals surface area contributed by atoms with Crippen LogP contribution in [-0.2, 0) is 16.4 Å². The van der Waals surface area contributed by atoms with Gasteiger partial charge in [-0.1, -0.05) is 12.1 Å². The maximum Gasteiger partial charge on any atom is 0.341 e. The van der Waals surface area contributed by atoms with Crippen molar-refractivity contribution < 1.29 is 17.2 Å². The van der Waals surface area contributed by atoms with Crippen LogP contribution in [0.3, 0.4) is 0 Å². The molecule has 0 unspecified atom stereocenters. The van der Waals surface area contributed by atoms with E-state index in [0.717, 1.165) is 6.07 Å². The van der Waals surface area contributed by atoms with E-state index in [1.165, 1.54) is 18.3 Å². The van der Waals surface area contributed by atoms with Crippen LogP contribution < -0.4 is 11.1 Å². The molecule has 4 N–H and O–H groups in total. The van der Waals surface area contributed by atoms with Crippen LogP contribution in [0, 0.1) is 0 Å². The predicted molar refractivity (Wildman–Crippen MR) is 70.0 cm³/mol. The second-order valence-corrected chi connectivity index (χ2v) is 5.85. The molecule has 0 amide bonds. The molecule has 108 valence electrons. The topological polar surface area (TPSA) is 101 Å². The summed E-state index contributed by atoms with van der Waals surface area (Å²) in [5.74, 6) is -3.14. The molecule has 0 atom stereocenters. The fourth-order valence-electron chi connectivity index (χ4n) is 1.61. The molecule has 0 aliphatic rings. The summed E-state index contributed by atoms with van der Waals surface area (Å²) in [5.41, 5.74) is 6.28. The Bertz CT molecular complexity index is 700. The van der Waals surface area contributed by atoms with Gasteiger partial charge in [-0.15, -0.1) is 0 Å². The zero-order valence-electron chi connectivity index (χ0n) is 10.2. The van der Waals surface area contributed by atoms with Gasteiger partial charge in [-0.2, -0.15) is 13.9 Å². The lowest BCUT2D eigenvalue weighted by molar-refractivity contribution is 0.235. The molecule has 20 heavy (non-hydrogen) atoms. The normalized spacial score (nSPS) is 11.8. The smallest absolute Gasteiger partial charge is 0.341 e. The van der Waals surface area contributed by atoms with E-state index in [-0.39, 0.29) is 12.2 Å². The number of hydrogen-bond donors (Lipinski definition) is 3. The van der Waals surface area contributed by atoms with Crippen LogP contribution in [0.5, 0.6) is 0 Å². The SMILES string of the molecule is Nc1[nH]ncc1CNc1ccccc1S(=O)(=O)C(F)F. The second-order valence-electron chi connectivity index (χ2n) is 3.96. The molecule has 9 heteroatoms. The lowest BCUT2D eigenvalue weighted by Gasteiger charge is -2.11. The Kier molecular flexibility index (Phi) is 3.89. The fourth-order valence-corrected chi connectivity index (χ4v) is 2.52. The van der Waals surface area contributed by atoms with Gasteiger partial charge >= 0.3 is 5.76 Å². The minimum Gasteiger partial charge on any atom is -0.384 e. The highest BCUT2D eigenvalue weighted by Gasteiger charge is 2.28. The third kappa shape index (κ3) is 2.72. The van der Waals surface area contributed by atoms with Gasteiger partial charge in [0.2, 0.25) is 9.84 Å². The van der Waals surface area contributed by atoms with Gasteiger partial charge in [-0.25, -0.2) is 8.42 Å². The zero-order chi connectivity index (χ0) is 14.8. The molecular weight excluding hydrogens is 290 g/mol. The zero-order valence-corrected chi connectivity index (χ0v) is 11.0. The van der Waals surface area contributed by atoms with Crippen molar-refractivity contribution in [2.24, 2.45) is 0 Å². The van der Waals surface area contributed by atoms with Crippen molar-refractivity contribution in [2.75, 3.05) is 11.1 Å². The number of nitrogens with zero attached hydrogens (tertiary/aromatic N) is 1. The van der Waals surface area contributed by atoms with Crippen molar-refractivity contribution in [3.63, 3.8) is 0 Å². The van der Waals surface area contributed by atoms with Crippen molar-refractivity contribution in [2.45, 2.75) is 17.2 Å². The molecular formula is C11H12F2N4O2S. The molecule has 0 radical (unpaired) electrons. The number of alkyl halides is 2. The number of benzene rings is 1. The molecule has 0 aliphatic carbocycles. The average Bonchev–Trinajstić information content (AvgIpc) is 2.82. The van der Waals surface area contributed by atoms with Gasteiger partial charge in [0.15, 0.2) is 0 Å². The van der Waals surface area contributed by atoms with Gasteiger partial charge in [-0.3, -0.25) is 5.10 Å². The number of H-pyrrole nitrogens is 1. The number of rotatable bonds is 5. The van der Waals surface area contributed by atoms with Gasteiger partial charge in [0.25, 0.3) is 0 Å². The highest BCUT2D eigenvalue weighted by atomic mass is 32.2. The molecule has 1 aromatic heterocycles. The summed E-state index contributed by atoms with van der Waals surface area (Å²) in [6.07, 6.45) is 1.46. The third-order valence-electron chi connectivity index (χ3n) is 2.65. The van der Waals surface area contributed by atoms with Crippen LogP contribution in [0.1, 0.15) is 5.56 Å². The van der Waals surface area contributed by atoms with Gasteiger partial charge in [0.05, 0.1) is 16.8 Å². The van der Waals surface area contributed by atoms with Crippen molar-refractivity contribution in [3.8, 4) is 0 Å². The van der Waals surface area contributed by atoms with Crippen LogP contribution >= 0.6 is 0 Å². The van der Waals surface area contributed by atoms with Gasteiger partial charge < -0.3 is 11.1 Å². The molecule has 2 aromatic rings. The van der Waals surface area contributed by atoms with Gasteiger partial charge in [0, 0.05) is 12.1 Å². The Morgan fingerprint density at radius 1 is 1.35 bits per heavy atom. The Morgan fingerprint density at radius 2 is 2.05 bits per heavy atom. The number of nitrogens with two attached hydrogens (primary N) is 1. The van der Waals surface area contributed by atoms with E-state index >= 15 is 0 Å². The number of nitrogen functional groups attached to an aromatic ring is 1. The summed E-state index contributed by atoms with van der Waals surface area (Å²) in [7, 11) is -4.66. The summed E-state index contributed by atoms with van der Waals surface area (Å²) in [5, 5.41) is 8.99. The van der Waals surface area contributed by atoms with Crippen LogP contribution in [0.2, 0.25) is 0 Å². The van der Waals surface area contributed by atoms with E-state index in [0.29, 0.717) is 11.4 Å². The van der Waals surface area contributed by atoms with Crippen molar-refractivity contribution in [3.05, 3.63) is 36.0 Å². The molecule has 0 spiro atoms. The highest BCUT2D eigenvalue weighted by Crippen LogP contribution is 2.26. The van der Waals surface area contributed by atoms with Gasteiger partial charge in [-0.05, 0) is 12.1 Å². The standard InChI is InChI=1S/C11H12F2N4O2S/c12-11(13)20(18,19)9-4-2-1-3-8(9)15-5-7-6-16-17-10(7)14/h1-4,6,11,15H,5H2,(H3,14,16,17). The Morgan fingerprint density at radius 3 is 2.65 bits per heavy atom. The number of hydrogen-bond acceptors (Lipinski definition) is 5. The van der Waals surface area contributed by atoms with Crippen LogP contribution in [0.15, 0.2) is 35.4 Å². The van der Waals surface area contributed by atoms with Gasteiger partial charge in [0.1, 0.15) is 5.82 Å². The number of halogens is 2. The van der Waals surface area contributed by atoms with E-state index in [1.807, 2.05) is 0 Å². The van der Waals surface area contributed by atoms with E-state index in [1.54, 1.807) is 6.07 Å². The van der Waals surface area contributed by atoms with Crippen LogP contribution in [0.25, 0.3) is 0 Å². The lowest BCUT2D eigenvalue weighted by atomic mass is 10.3. The Balaban J connectivity index is 2.28. The number of nitrogens with one attached hydrogen (secondary N) is 2. The van der Waals surface area contributed by atoms with E-state index < -0.39 is 20.5 Å². The Hall–Kier alpha value is -2.16. The minimum atomic E-state index is -4.66. The van der Waals surface area contributed by atoms with E-state index in [2.05, 4.69) is 15.5 Å². The maximum absolute atomic E-state index is 12.6. The monoisotopic (exact) mass is 302 g/mol. The molecule has 6 nitrogen and oxygen atoms in total. The number of aromatic amines is 1.